The van der Waals surface area contributed by atoms with Crippen molar-refractivity contribution in [3.05, 3.63) is 94.0 Å². The summed E-state index contributed by atoms with van der Waals surface area (Å²) in [5.41, 5.74) is 4.58. The first-order valence-corrected chi connectivity index (χ1v) is 12.4. The molecule has 0 saturated heterocycles. The Morgan fingerprint density at radius 1 is 0.833 bits per heavy atom. The maximum atomic E-state index is 13.1. The molecule has 0 aliphatic heterocycles. The number of halogens is 3. The molecule has 36 heavy (non-hydrogen) atoms. The maximum absolute atomic E-state index is 13.1. The van der Waals surface area contributed by atoms with E-state index in [0.717, 1.165) is 49.8 Å². The van der Waals surface area contributed by atoms with Crippen LogP contribution >= 0.6 is 0 Å². The van der Waals surface area contributed by atoms with Gasteiger partial charge in [0.25, 0.3) is 5.91 Å². The van der Waals surface area contributed by atoms with Crippen molar-refractivity contribution in [3.63, 3.8) is 0 Å². The minimum atomic E-state index is -4.38. The number of rotatable bonds is 5. The van der Waals surface area contributed by atoms with Crippen LogP contribution in [0.15, 0.2) is 60.7 Å². The van der Waals surface area contributed by atoms with E-state index in [9.17, 15) is 18.0 Å². The number of anilines is 1. The lowest BCUT2D eigenvalue weighted by molar-refractivity contribution is -0.137. The van der Waals surface area contributed by atoms with Crippen molar-refractivity contribution in [1.82, 2.24) is 0 Å². The van der Waals surface area contributed by atoms with Gasteiger partial charge in [0, 0.05) is 5.56 Å². The van der Waals surface area contributed by atoms with Gasteiger partial charge in [0.1, 0.15) is 12.4 Å². The number of hydrogen-bond donors (Lipinski definition) is 1. The lowest BCUT2D eigenvalue weighted by Crippen LogP contribution is -2.15. The summed E-state index contributed by atoms with van der Waals surface area (Å²) < 4.78 is 44.7. The molecule has 1 N–H and O–H groups in total. The molecule has 0 fully saturated rings. The Kier molecular flexibility index (Phi) is 7.43. The van der Waals surface area contributed by atoms with Crippen molar-refractivity contribution >= 4 is 11.6 Å². The molecular weight excluding hydrogens is 463 g/mol. The second kappa shape index (κ2) is 10.4. The van der Waals surface area contributed by atoms with Gasteiger partial charge in [-0.25, -0.2) is 0 Å². The normalized spacial score (nSPS) is 14.1. The molecule has 1 aliphatic rings. The zero-order valence-electron chi connectivity index (χ0n) is 21.0. The van der Waals surface area contributed by atoms with Crippen LogP contribution in [0.2, 0.25) is 0 Å². The third kappa shape index (κ3) is 6.28. The maximum Gasteiger partial charge on any atom is 0.416 e. The van der Waals surface area contributed by atoms with Gasteiger partial charge in [0.15, 0.2) is 0 Å². The van der Waals surface area contributed by atoms with Gasteiger partial charge in [-0.15, -0.1) is 0 Å². The number of fused-ring (bicyclic) bond motifs is 1. The Morgan fingerprint density at radius 2 is 1.42 bits per heavy atom. The van der Waals surface area contributed by atoms with Gasteiger partial charge >= 0.3 is 6.18 Å². The minimum Gasteiger partial charge on any atom is -0.487 e. The molecule has 0 bridgehead atoms. The van der Waals surface area contributed by atoms with Gasteiger partial charge < -0.3 is 10.1 Å². The highest BCUT2D eigenvalue weighted by Crippen LogP contribution is 2.34. The molecule has 0 spiro atoms. The van der Waals surface area contributed by atoms with Gasteiger partial charge in [0.2, 0.25) is 0 Å². The lowest BCUT2D eigenvalue weighted by atomic mass is 9.86. The molecule has 4 rings (SSSR count). The van der Waals surface area contributed by atoms with E-state index in [0.29, 0.717) is 22.6 Å². The van der Waals surface area contributed by atoms with E-state index in [1.165, 1.54) is 23.3 Å². The zero-order valence-corrected chi connectivity index (χ0v) is 21.0. The van der Waals surface area contributed by atoms with Crippen molar-refractivity contribution in [2.75, 3.05) is 5.32 Å². The molecule has 1 amide bonds. The standard InChI is InChI=1S/C30H32F3NO2/c1-29(2,3)24-15-11-21(12-16-24)28(35)34-26-17-22-7-5-4-6-8-23(22)18-27(26)36-19-20-9-13-25(14-10-20)30(31,32)33/h9-18H,4-8,19H2,1-3H3,(H,34,35). The van der Waals surface area contributed by atoms with Gasteiger partial charge in [-0.2, -0.15) is 13.2 Å². The molecular formula is C30H32F3NO2. The van der Waals surface area contributed by atoms with Crippen LogP contribution in [0.5, 0.6) is 5.75 Å². The number of hydrogen-bond acceptors (Lipinski definition) is 2. The van der Waals surface area contributed by atoms with E-state index in [1.807, 2.05) is 36.4 Å². The summed E-state index contributed by atoms with van der Waals surface area (Å²) in [6, 6.07) is 16.5. The molecule has 0 unspecified atom stereocenters. The number of amides is 1. The number of carbonyl (C=O) groups excluding carboxylic acids is 1. The highest BCUT2D eigenvalue weighted by Gasteiger charge is 2.30. The fraction of sp³-hybridized carbons (Fsp3) is 0.367. The van der Waals surface area contributed by atoms with Crippen molar-refractivity contribution in [2.24, 2.45) is 0 Å². The van der Waals surface area contributed by atoms with Crippen molar-refractivity contribution in [1.29, 1.82) is 0 Å². The summed E-state index contributed by atoms with van der Waals surface area (Å²) in [7, 11) is 0. The first-order valence-electron chi connectivity index (χ1n) is 12.4. The summed E-state index contributed by atoms with van der Waals surface area (Å²) in [6.07, 6.45) is 0.848. The fourth-order valence-corrected chi connectivity index (χ4v) is 4.42. The molecule has 190 valence electrons. The quantitative estimate of drug-likeness (QED) is 0.363. The molecule has 3 aromatic carbocycles. The highest BCUT2D eigenvalue weighted by atomic mass is 19.4. The summed E-state index contributed by atoms with van der Waals surface area (Å²) in [4.78, 5) is 13.1. The van der Waals surface area contributed by atoms with Crippen LogP contribution in [-0.4, -0.2) is 5.91 Å². The van der Waals surface area contributed by atoms with Crippen molar-refractivity contribution < 1.29 is 22.7 Å². The molecule has 6 heteroatoms. The summed E-state index contributed by atoms with van der Waals surface area (Å²) in [5, 5.41) is 3.01. The smallest absolute Gasteiger partial charge is 0.416 e. The van der Waals surface area contributed by atoms with E-state index >= 15 is 0 Å². The van der Waals surface area contributed by atoms with Crippen LogP contribution in [0.3, 0.4) is 0 Å². The fourth-order valence-electron chi connectivity index (χ4n) is 4.42. The summed E-state index contributed by atoms with van der Waals surface area (Å²) in [6.45, 7) is 6.47. The second-order valence-electron chi connectivity index (χ2n) is 10.4. The van der Waals surface area contributed by atoms with E-state index in [4.69, 9.17) is 4.74 Å². The van der Waals surface area contributed by atoms with Gasteiger partial charge in [-0.3, -0.25) is 4.79 Å². The minimum absolute atomic E-state index is 0.00861. The molecule has 0 atom stereocenters. The first-order chi connectivity index (χ1) is 17.0. The van der Waals surface area contributed by atoms with Gasteiger partial charge in [-0.05, 0) is 89.8 Å². The Morgan fingerprint density at radius 3 is 2.00 bits per heavy atom. The van der Waals surface area contributed by atoms with E-state index in [1.54, 1.807) is 0 Å². The molecule has 0 aromatic heterocycles. The van der Waals surface area contributed by atoms with E-state index in [-0.39, 0.29) is 17.9 Å². The van der Waals surface area contributed by atoms with Crippen LogP contribution in [0.1, 0.15) is 78.2 Å². The average molecular weight is 496 g/mol. The topological polar surface area (TPSA) is 38.3 Å². The van der Waals surface area contributed by atoms with Crippen LogP contribution in [0.4, 0.5) is 18.9 Å². The third-order valence-electron chi connectivity index (χ3n) is 6.63. The molecule has 3 nitrogen and oxygen atoms in total. The Labute approximate surface area is 210 Å². The van der Waals surface area contributed by atoms with Crippen LogP contribution in [0, 0.1) is 0 Å². The lowest BCUT2D eigenvalue weighted by Gasteiger charge is -2.19. The predicted octanol–water partition coefficient (Wildman–Crippen LogP) is 8.10. The molecule has 1 aliphatic carbocycles. The Hall–Kier alpha value is -3.28. The molecule has 0 radical (unpaired) electrons. The summed E-state index contributed by atoms with van der Waals surface area (Å²) >= 11 is 0. The predicted molar refractivity (Wildman–Crippen MR) is 137 cm³/mol. The average Bonchev–Trinajstić information content (AvgIpc) is 3.06. The monoisotopic (exact) mass is 495 g/mol. The van der Waals surface area contributed by atoms with Crippen LogP contribution in [-0.2, 0) is 31.0 Å². The number of benzene rings is 3. The van der Waals surface area contributed by atoms with Gasteiger partial charge in [0.05, 0.1) is 11.3 Å². The summed E-state index contributed by atoms with van der Waals surface area (Å²) in [5.74, 6) is 0.290. The number of aryl methyl sites for hydroxylation is 2. The third-order valence-corrected chi connectivity index (χ3v) is 6.63. The SMILES string of the molecule is CC(C)(C)c1ccc(C(=O)Nc2cc3c(cc2OCc2ccc(C(F)(F)F)cc2)CCCCC3)cc1. The van der Waals surface area contributed by atoms with Crippen molar-refractivity contribution in [3.8, 4) is 5.75 Å². The molecule has 0 saturated carbocycles. The highest BCUT2D eigenvalue weighted by molar-refractivity contribution is 6.05. The van der Waals surface area contributed by atoms with Crippen LogP contribution < -0.4 is 10.1 Å². The van der Waals surface area contributed by atoms with E-state index in [2.05, 4.69) is 26.1 Å². The zero-order chi connectivity index (χ0) is 25.9. The number of ether oxygens (including phenoxy) is 1. The van der Waals surface area contributed by atoms with Crippen LogP contribution in [0.25, 0.3) is 0 Å². The van der Waals surface area contributed by atoms with Gasteiger partial charge in [-0.1, -0.05) is 51.5 Å². The Balaban J connectivity index is 1.57. The molecule has 0 heterocycles. The number of carbonyl (C=O) groups is 1. The Bertz CT molecular complexity index is 1210. The van der Waals surface area contributed by atoms with E-state index < -0.39 is 11.7 Å². The number of alkyl halides is 3. The second-order valence-corrected chi connectivity index (χ2v) is 10.4. The largest absolute Gasteiger partial charge is 0.487 e. The molecule has 3 aromatic rings. The van der Waals surface area contributed by atoms with Crippen molar-refractivity contribution in [2.45, 2.75) is 71.1 Å². The first kappa shape index (κ1) is 25.8. The number of nitrogens with one attached hydrogen (secondary N) is 1.